The lowest BCUT2D eigenvalue weighted by atomic mass is 10.0. The first kappa shape index (κ1) is 22.0. The summed E-state index contributed by atoms with van der Waals surface area (Å²) in [6.07, 6.45) is -9.18. The van der Waals surface area contributed by atoms with E-state index >= 15 is 0 Å². The Kier molecular flexibility index (Phi) is 5.59. The van der Waals surface area contributed by atoms with Gasteiger partial charge in [0.25, 0.3) is 0 Å². The summed E-state index contributed by atoms with van der Waals surface area (Å²) in [5.41, 5.74) is -4.45. The first-order chi connectivity index (χ1) is 14.4. The van der Waals surface area contributed by atoms with Crippen LogP contribution in [0, 0.1) is 23.0 Å². The van der Waals surface area contributed by atoms with Gasteiger partial charge in [0.1, 0.15) is 17.3 Å². The van der Waals surface area contributed by atoms with E-state index in [1.165, 1.54) is 12.1 Å². The van der Waals surface area contributed by atoms with Crippen molar-refractivity contribution in [3.63, 3.8) is 0 Å². The molecule has 160 valence electrons. The molecule has 0 saturated heterocycles. The van der Waals surface area contributed by atoms with E-state index < -0.39 is 35.4 Å². The molecule has 3 aromatic rings. The summed E-state index contributed by atoms with van der Waals surface area (Å²) in [5, 5.41) is 12.3. The minimum atomic E-state index is -5.13. The van der Waals surface area contributed by atoms with E-state index in [1.54, 1.807) is 6.07 Å². The highest BCUT2D eigenvalue weighted by atomic mass is 19.4. The third-order valence-corrected chi connectivity index (χ3v) is 4.06. The van der Waals surface area contributed by atoms with Gasteiger partial charge in [0, 0.05) is 11.6 Å². The monoisotopic (exact) mass is 443 g/mol. The van der Waals surface area contributed by atoms with E-state index in [4.69, 9.17) is 0 Å². The van der Waals surface area contributed by atoms with Crippen molar-refractivity contribution in [1.29, 1.82) is 5.26 Å². The lowest BCUT2D eigenvalue weighted by molar-refractivity contribution is -0.143. The Morgan fingerprint density at radius 3 is 2.26 bits per heavy atom. The summed E-state index contributed by atoms with van der Waals surface area (Å²) >= 11 is 0. The molecule has 0 aliphatic carbocycles. The number of nitrogens with zero attached hydrogens (tertiary/aromatic N) is 3. The van der Waals surface area contributed by atoms with Crippen molar-refractivity contribution in [2.24, 2.45) is 0 Å². The SMILES string of the molecule is N#CC(=Cc1cccc(-n2nc(C(F)(F)F)cc2C(F)(F)F)c1)c1cc(F)ccc1F. The predicted molar refractivity (Wildman–Crippen MR) is 93.4 cm³/mol. The Morgan fingerprint density at radius 1 is 0.935 bits per heavy atom. The van der Waals surface area contributed by atoms with Crippen molar-refractivity contribution in [3.05, 3.63) is 82.7 Å². The molecule has 0 spiro atoms. The highest BCUT2D eigenvalue weighted by Crippen LogP contribution is 2.36. The van der Waals surface area contributed by atoms with Crippen LogP contribution in [0.1, 0.15) is 22.5 Å². The summed E-state index contributed by atoms with van der Waals surface area (Å²) < 4.78 is 106. The maximum atomic E-state index is 13.9. The van der Waals surface area contributed by atoms with Crippen LogP contribution in [0.3, 0.4) is 0 Å². The summed E-state index contributed by atoms with van der Waals surface area (Å²) in [5.74, 6) is -1.73. The minimum absolute atomic E-state index is 0.0508. The predicted octanol–water partition coefficient (Wildman–Crippen LogP) is 6.25. The second-order valence-electron chi connectivity index (χ2n) is 6.21. The van der Waals surface area contributed by atoms with Crippen LogP contribution in [0.25, 0.3) is 17.3 Å². The van der Waals surface area contributed by atoms with Gasteiger partial charge in [0.05, 0.1) is 17.3 Å². The molecule has 11 heteroatoms. The van der Waals surface area contributed by atoms with Crippen LogP contribution in [-0.4, -0.2) is 9.78 Å². The molecule has 0 fully saturated rings. The molecule has 0 unspecified atom stereocenters. The van der Waals surface area contributed by atoms with Crippen molar-refractivity contribution in [2.75, 3.05) is 0 Å². The number of halogens is 8. The van der Waals surface area contributed by atoms with Crippen LogP contribution in [0.15, 0.2) is 48.5 Å². The minimum Gasteiger partial charge on any atom is -0.228 e. The summed E-state index contributed by atoms with van der Waals surface area (Å²) in [7, 11) is 0. The third-order valence-electron chi connectivity index (χ3n) is 4.06. The second kappa shape index (κ2) is 7.86. The van der Waals surface area contributed by atoms with Gasteiger partial charge in [-0.1, -0.05) is 12.1 Å². The Balaban J connectivity index is 2.13. The fourth-order valence-electron chi connectivity index (χ4n) is 2.71. The standard InChI is InChI=1S/C20H9F8N3/c21-13-4-5-16(22)15(8-13)12(10-29)6-11-2-1-3-14(7-11)31-18(20(26,27)28)9-17(30-31)19(23,24)25/h1-9H. The maximum Gasteiger partial charge on any atom is 0.435 e. The highest BCUT2D eigenvalue weighted by Gasteiger charge is 2.42. The molecule has 1 aromatic heterocycles. The van der Waals surface area contributed by atoms with Gasteiger partial charge in [-0.2, -0.15) is 36.7 Å². The first-order valence-electron chi connectivity index (χ1n) is 8.32. The Bertz CT molecular complexity index is 1200. The number of alkyl halides is 6. The molecule has 0 bridgehead atoms. The van der Waals surface area contributed by atoms with Crippen LogP contribution >= 0.6 is 0 Å². The van der Waals surface area contributed by atoms with Crippen LogP contribution < -0.4 is 0 Å². The van der Waals surface area contributed by atoms with Gasteiger partial charge in [-0.25, -0.2) is 13.5 Å². The quantitative estimate of drug-likeness (QED) is 0.273. The average molecular weight is 443 g/mol. The smallest absolute Gasteiger partial charge is 0.228 e. The molecule has 3 nitrogen and oxygen atoms in total. The highest BCUT2D eigenvalue weighted by molar-refractivity contribution is 5.90. The summed E-state index contributed by atoms with van der Waals surface area (Å²) in [6.45, 7) is 0. The lowest BCUT2D eigenvalue weighted by Gasteiger charge is -2.11. The number of hydrogen-bond donors (Lipinski definition) is 0. The van der Waals surface area contributed by atoms with Crippen molar-refractivity contribution < 1.29 is 35.1 Å². The van der Waals surface area contributed by atoms with Crippen LogP contribution in [0.2, 0.25) is 0 Å². The lowest BCUT2D eigenvalue weighted by Crippen LogP contribution is -2.13. The van der Waals surface area contributed by atoms with E-state index in [9.17, 15) is 40.4 Å². The van der Waals surface area contributed by atoms with E-state index in [2.05, 4.69) is 5.10 Å². The normalized spacial score (nSPS) is 12.7. The molecule has 31 heavy (non-hydrogen) atoms. The summed E-state index contributed by atoms with van der Waals surface area (Å²) in [4.78, 5) is 0. The molecule has 0 saturated carbocycles. The number of hydrogen-bond acceptors (Lipinski definition) is 2. The third kappa shape index (κ3) is 4.74. The van der Waals surface area contributed by atoms with Crippen molar-refractivity contribution in [3.8, 4) is 11.8 Å². The zero-order chi connectivity index (χ0) is 23.0. The van der Waals surface area contributed by atoms with Crippen LogP contribution in [0.4, 0.5) is 35.1 Å². The van der Waals surface area contributed by atoms with E-state index in [-0.39, 0.29) is 33.1 Å². The topological polar surface area (TPSA) is 41.6 Å². The molecular formula is C20H9F8N3. The summed E-state index contributed by atoms with van der Waals surface area (Å²) in [6, 6.07) is 8.57. The molecule has 0 radical (unpaired) electrons. The number of allylic oxidation sites excluding steroid dienone is 1. The van der Waals surface area contributed by atoms with Crippen molar-refractivity contribution in [2.45, 2.75) is 12.4 Å². The zero-order valence-corrected chi connectivity index (χ0v) is 15.1. The second-order valence-corrected chi connectivity index (χ2v) is 6.21. The first-order valence-corrected chi connectivity index (χ1v) is 8.32. The molecular weight excluding hydrogens is 434 g/mol. The van der Waals surface area contributed by atoms with Gasteiger partial charge in [0.15, 0.2) is 5.69 Å². The maximum absolute atomic E-state index is 13.9. The van der Waals surface area contributed by atoms with Gasteiger partial charge in [-0.3, -0.25) is 0 Å². The molecule has 2 aromatic carbocycles. The molecule has 0 amide bonds. The van der Waals surface area contributed by atoms with Crippen LogP contribution in [-0.2, 0) is 12.4 Å². The molecule has 1 heterocycles. The van der Waals surface area contributed by atoms with E-state index in [0.29, 0.717) is 0 Å². The average Bonchev–Trinajstić information content (AvgIpc) is 3.15. The molecule has 0 aliphatic rings. The van der Waals surface area contributed by atoms with Gasteiger partial charge < -0.3 is 0 Å². The molecule has 3 rings (SSSR count). The van der Waals surface area contributed by atoms with E-state index in [1.807, 2.05) is 0 Å². The Morgan fingerprint density at radius 2 is 1.65 bits per heavy atom. The molecule has 0 aliphatic heterocycles. The van der Waals surface area contributed by atoms with Gasteiger partial charge in [-0.05, 0) is 42.0 Å². The van der Waals surface area contributed by atoms with E-state index in [0.717, 1.165) is 36.4 Å². The largest absolute Gasteiger partial charge is 0.435 e. The Labute approximate surface area is 169 Å². The Hall–Kier alpha value is -3.68. The van der Waals surface area contributed by atoms with Crippen molar-refractivity contribution >= 4 is 11.6 Å². The molecule has 0 N–H and O–H groups in total. The fraction of sp³-hybridized carbons (Fsp3) is 0.100. The zero-order valence-electron chi connectivity index (χ0n) is 15.1. The van der Waals surface area contributed by atoms with Gasteiger partial charge in [0.2, 0.25) is 0 Å². The number of nitriles is 1. The fourth-order valence-corrected chi connectivity index (χ4v) is 2.71. The van der Waals surface area contributed by atoms with Crippen molar-refractivity contribution in [1.82, 2.24) is 9.78 Å². The van der Waals surface area contributed by atoms with Crippen LogP contribution in [0.5, 0.6) is 0 Å². The number of benzene rings is 2. The molecule has 0 atom stereocenters. The number of rotatable bonds is 3. The van der Waals surface area contributed by atoms with Gasteiger partial charge >= 0.3 is 12.4 Å². The number of aromatic nitrogens is 2. The van der Waals surface area contributed by atoms with Gasteiger partial charge in [-0.15, -0.1) is 0 Å².